The summed E-state index contributed by atoms with van der Waals surface area (Å²) >= 11 is 6.12. The van der Waals surface area contributed by atoms with E-state index >= 15 is 0 Å². The Hall–Kier alpha value is -3.33. The number of nitrogens with zero attached hydrogens (tertiary/aromatic N) is 5. The Kier molecular flexibility index (Phi) is 7.16. The van der Waals surface area contributed by atoms with Crippen molar-refractivity contribution in [1.29, 1.82) is 0 Å². The van der Waals surface area contributed by atoms with Crippen molar-refractivity contribution in [1.82, 2.24) is 18.6 Å². The molecule has 1 saturated heterocycles. The number of aryl methyl sites for hydroxylation is 2. The second-order valence-electron chi connectivity index (χ2n) is 8.80. The Morgan fingerprint density at radius 2 is 1.60 bits per heavy atom. The van der Waals surface area contributed by atoms with Crippen molar-refractivity contribution >= 4 is 34.2 Å². The molecule has 10 heteroatoms. The van der Waals surface area contributed by atoms with Crippen molar-refractivity contribution in [2.24, 2.45) is 7.05 Å². The van der Waals surface area contributed by atoms with Crippen LogP contribution in [0.25, 0.3) is 11.0 Å². The third-order valence-electron chi connectivity index (χ3n) is 6.44. The first kappa shape index (κ1) is 24.8. The van der Waals surface area contributed by atoms with Crippen LogP contribution in [0.15, 0.2) is 44.7 Å². The van der Waals surface area contributed by atoms with Gasteiger partial charge in [-0.1, -0.05) is 31.5 Å². The van der Waals surface area contributed by atoms with Crippen LogP contribution in [0.4, 0.5) is 5.69 Å². The molecule has 1 fully saturated rings. The molecule has 1 amide bonds. The van der Waals surface area contributed by atoms with Gasteiger partial charge < -0.3 is 9.80 Å². The van der Waals surface area contributed by atoms with Crippen LogP contribution in [-0.2, 0) is 20.1 Å². The van der Waals surface area contributed by atoms with E-state index in [1.807, 2.05) is 38.1 Å². The monoisotopic (exact) mass is 499 g/mol. The SMILES string of the molecule is CCCn1c(=O)c2c(C(=O)N3CCN(c4cccc(Cl)c4)CC3)cc(=O)n(CCC)c2n(C)c1=O. The summed E-state index contributed by atoms with van der Waals surface area (Å²) in [5, 5.41) is 0.768. The van der Waals surface area contributed by atoms with Crippen molar-refractivity contribution in [2.45, 2.75) is 39.8 Å². The molecule has 0 atom stereocenters. The predicted octanol–water partition coefficient (Wildman–Crippen LogP) is 2.30. The van der Waals surface area contributed by atoms with Gasteiger partial charge in [-0.25, -0.2) is 4.79 Å². The van der Waals surface area contributed by atoms with E-state index in [9.17, 15) is 19.2 Å². The lowest BCUT2D eigenvalue weighted by atomic mass is 10.1. The number of halogens is 1. The van der Waals surface area contributed by atoms with Gasteiger partial charge in [0.15, 0.2) is 0 Å². The highest BCUT2D eigenvalue weighted by Gasteiger charge is 2.28. The number of benzene rings is 1. The molecule has 2 aromatic heterocycles. The Labute approximate surface area is 207 Å². The summed E-state index contributed by atoms with van der Waals surface area (Å²) in [7, 11) is 1.54. The Morgan fingerprint density at radius 3 is 2.23 bits per heavy atom. The van der Waals surface area contributed by atoms with E-state index in [1.165, 1.54) is 15.2 Å². The Morgan fingerprint density at radius 1 is 0.943 bits per heavy atom. The fraction of sp³-hybridized carbons (Fsp3) is 0.440. The lowest BCUT2D eigenvalue weighted by Gasteiger charge is -2.36. The summed E-state index contributed by atoms with van der Waals surface area (Å²) in [4.78, 5) is 56.9. The van der Waals surface area contributed by atoms with Gasteiger partial charge in [-0.2, -0.15) is 0 Å². The van der Waals surface area contributed by atoms with E-state index < -0.39 is 16.8 Å². The van der Waals surface area contributed by atoms with Crippen LogP contribution in [0, 0.1) is 0 Å². The number of aromatic nitrogens is 3. The molecule has 0 N–H and O–H groups in total. The van der Waals surface area contributed by atoms with E-state index in [0.29, 0.717) is 50.6 Å². The van der Waals surface area contributed by atoms with Crippen molar-refractivity contribution in [2.75, 3.05) is 31.1 Å². The molecule has 186 valence electrons. The minimum absolute atomic E-state index is 0.0546. The van der Waals surface area contributed by atoms with Crippen LogP contribution in [0.1, 0.15) is 37.0 Å². The molecule has 0 saturated carbocycles. The topological polar surface area (TPSA) is 89.6 Å². The highest BCUT2D eigenvalue weighted by Crippen LogP contribution is 2.22. The van der Waals surface area contributed by atoms with E-state index in [0.717, 1.165) is 10.3 Å². The van der Waals surface area contributed by atoms with Crippen LogP contribution in [-0.4, -0.2) is 50.7 Å². The van der Waals surface area contributed by atoms with Crippen molar-refractivity contribution in [3.8, 4) is 0 Å². The molecule has 4 rings (SSSR count). The number of hydrogen-bond donors (Lipinski definition) is 0. The number of hydrogen-bond acceptors (Lipinski definition) is 5. The molecule has 1 aromatic carbocycles. The van der Waals surface area contributed by atoms with Gasteiger partial charge in [-0.3, -0.25) is 28.1 Å². The quantitative estimate of drug-likeness (QED) is 0.519. The summed E-state index contributed by atoms with van der Waals surface area (Å²) in [6.07, 6.45) is 1.23. The third-order valence-corrected chi connectivity index (χ3v) is 6.68. The van der Waals surface area contributed by atoms with Crippen LogP contribution in [0.5, 0.6) is 0 Å². The van der Waals surface area contributed by atoms with Crippen LogP contribution >= 0.6 is 11.6 Å². The summed E-state index contributed by atoms with van der Waals surface area (Å²) in [6, 6.07) is 8.82. The average molecular weight is 500 g/mol. The summed E-state index contributed by atoms with van der Waals surface area (Å²) in [5.74, 6) is -0.375. The lowest BCUT2D eigenvalue weighted by Crippen LogP contribution is -2.49. The van der Waals surface area contributed by atoms with Gasteiger partial charge in [0.05, 0.1) is 10.9 Å². The normalized spacial score (nSPS) is 14.1. The molecule has 1 aliphatic rings. The van der Waals surface area contributed by atoms with Crippen LogP contribution in [0.3, 0.4) is 0 Å². The zero-order valence-corrected chi connectivity index (χ0v) is 21.0. The number of rotatable bonds is 6. The molecule has 0 aliphatic carbocycles. The van der Waals surface area contributed by atoms with Crippen LogP contribution < -0.4 is 21.7 Å². The fourth-order valence-electron chi connectivity index (χ4n) is 4.73. The highest BCUT2D eigenvalue weighted by atomic mass is 35.5. The molecule has 3 aromatic rings. The number of anilines is 1. The molecule has 9 nitrogen and oxygen atoms in total. The van der Waals surface area contributed by atoms with E-state index in [2.05, 4.69) is 4.90 Å². The average Bonchev–Trinajstić information content (AvgIpc) is 2.86. The number of carbonyl (C=O) groups excluding carboxylic acids is 1. The number of pyridine rings is 1. The van der Waals surface area contributed by atoms with Gasteiger partial charge in [0.2, 0.25) is 0 Å². The minimum atomic E-state index is -0.532. The van der Waals surface area contributed by atoms with Gasteiger partial charge in [-0.15, -0.1) is 0 Å². The second kappa shape index (κ2) is 10.1. The van der Waals surface area contributed by atoms with Crippen LogP contribution in [0.2, 0.25) is 5.02 Å². The Balaban J connectivity index is 1.78. The van der Waals surface area contributed by atoms with E-state index in [4.69, 9.17) is 11.6 Å². The van der Waals surface area contributed by atoms with Gasteiger partial charge in [0, 0.05) is 63.1 Å². The third kappa shape index (κ3) is 4.52. The zero-order valence-electron chi connectivity index (χ0n) is 20.3. The summed E-state index contributed by atoms with van der Waals surface area (Å²) in [6.45, 7) is 6.41. The number of piperazine rings is 1. The van der Waals surface area contributed by atoms with Crippen molar-refractivity contribution in [3.05, 3.63) is 72.1 Å². The number of carbonyl (C=O) groups is 1. The largest absolute Gasteiger partial charge is 0.368 e. The van der Waals surface area contributed by atoms with Crippen molar-refractivity contribution < 1.29 is 4.79 Å². The first-order chi connectivity index (χ1) is 16.8. The molecule has 0 radical (unpaired) electrons. The second-order valence-corrected chi connectivity index (χ2v) is 9.24. The maximum Gasteiger partial charge on any atom is 0.332 e. The molecule has 0 spiro atoms. The summed E-state index contributed by atoms with van der Waals surface area (Å²) in [5.41, 5.74) is -0.191. The maximum absolute atomic E-state index is 13.7. The standard InChI is InChI=1S/C25H30ClN5O4/c1-4-9-30-20(32)16-19(21-22(30)27(3)25(35)31(10-5-2)24(21)34)23(33)29-13-11-28(12-14-29)18-8-6-7-17(26)15-18/h6-8,15-16H,4-5,9-14H2,1-3H3. The first-order valence-corrected chi connectivity index (χ1v) is 12.3. The van der Waals surface area contributed by atoms with E-state index in [1.54, 1.807) is 11.9 Å². The number of fused-ring (bicyclic) bond motifs is 1. The van der Waals surface area contributed by atoms with Gasteiger partial charge in [0.25, 0.3) is 17.0 Å². The van der Waals surface area contributed by atoms with Gasteiger partial charge in [-0.05, 0) is 31.0 Å². The highest BCUT2D eigenvalue weighted by molar-refractivity contribution is 6.30. The maximum atomic E-state index is 13.7. The van der Waals surface area contributed by atoms with Gasteiger partial charge >= 0.3 is 5.69 Å². The molecule has 0 bridgehead atoms. The smallest absolute Gasteiger partial charge is 0.332 e. The number of amides is 1. The molecular weight excluding hydrogens is 470 g/mol. The first-order valence-electron chi connectivity index (χ1n) is 12.0. The van der Waals surface area contributed by atoms with E-state index in [-0.39, 0.29) is 29.0 Å². The zero-order chi connectivity index (χ0) is 25.3. The predicted molar refractivity (Wildman–Crippen MR) is 138 cm³/mol. The van der Waals surface area contributed by atoms with Gasteiger partial charge in [0.1, 0.15) is 5.65 Å². The minimum Gasteiger partial charge on any atom is -0.368 e. The van der Waals surface area contributed by atoms with Crippen molar-refractivity contribution in [3.63, 3.8) is 0 Å². The molecule has 1 aliphatic heterocycles. The molecule has 0 unspecified atom stereocenters. The Bertz CT molecular complexity index is 1450. The fourth-order valence-corrected chi connectivity index (χ4v) is 4.91. The molecule has 3 heterocycles. The lowest BCUT2D eigenvalue weighted by molar-refractivity contribution is 0.0748. The molecule has 35 heavy (non-hydrogen) atoms. The summed E-state index contributed by atoms with van der Waals surface area (Å²) < 4.78 is 3.89. The molecular formula is C25H30ClN5O4.